The van der Waals surface area contributed by atoms with Crippen LogP contribution in [-0.2, 0) is 19.2 Å². The molecule has 21 heavy (non-hydrogen) atoms. The summed E-state index contributed by atoms with van der Waals surface area (Å²) in [5.74, 6) is -2.88. The number of fused-ring (bicyclic) bond motifs is 5. The number of carboxylic acid groups (broad SMARTS) is 1. The van der Waals surface area contributed by atoms with E-state index in [9.17, 15) is 24.3 Å². The van der Waals surface area contributed by atoms with Crippen molar-refractivity contribution >= 4 is 23.7 Å². The van der Waals surface area contributed by atoms with E-state index in [1.807, 2.05) is 0 Å². The normalized spacial score (nSPS) is 35.1. The summed E-state index contributed by atoms with van der Waals surface area (Å²) >= 11 is 0. The molecule has 0 aromatic heterocycles. The van der Waals surface area contributed by atoms with E-state index in [2.05, 4.69) is 0 Å². The van der Waals surface area contributed by atoms with Gasteiger partial charge in [-0.1, -0.05) is 0 Å². The van der Waals surface area contributed by atoms with Gasteiger partial charge in [0.15, 0.2) is 0 Å². The minimum absolute atomic E-state index is 0.114. The molecular weight excluding hydrogens is 276 g/mol. The van der Waals surface area contributed by atoms with Crippen molar-refractivity contribution in [2.45, 2.75) is 38.1 Å². The van der Waals surface area contributed by atoms with Crippen LogP contribution in [0.15, 0.2) is 0 Å². The summed E-state index contributed by atoms with van der Waals surface area (Å²) in [6.07, 6.45) is 2.52. The second-order valence-corrected chi connectivity index (χ2v) is 6.29. The van der Waals surface area contributed by atoms with Gasteiger partial charge in [-0.05, 0) is 37.5 Å². The maximum Gasteiger partial charge on any atom is 0.326 e. The van der Waals surface area contributed by atoms with Crippen molar-refractivity contribution in [2.24, 2.45) is 29.4 Å². The lowest BCUT2D eigenvalue weighted by Crippen LogP contribution is -2.46. The number of hydrogen-bond donors (Lipinski definition) is 2. The molecular formula is C14H18N2O5. The molecule has 1 saturated heterocycles. The smallest absolute Gasteiger partial charge is 0.326 e. The predicted molar refractivity (Wildman–Crippen MR) is 69.5 cm³/mol. The molecule has 114 valence electrons. The van der Waals surface area contributed by atoms with Crippen LogP contribution < -0.4 is 5.73 Å². The zero-order chi connectivity index (χ0) is 15.3. The fourth-order valence-electron chi connectivity index (χ4n) is 4.38. The van der Waals surface area contributed by atoms with Crippen molar-refractivity contribution in [3.05, 3.63) is 0 Å². The first-order valence-electron chi connectivity index (χ1n) is 7.30. The zero-order valence-corrected chi connectivity index (χ0v) is 11.5. The topological polar surface area (TPSA) is 118 Å². The summed E-state index contributed by atoms with van der Waals surface area (Å²) in [6.45, 7) is 0. The van der Waals surface area contributed by atoms with Gasteiger partial charge in [0, 0.05) is 6.42 Å². The van der Waals surface area contributed by atoms with Crippen molar-refractivity contribution in [1.82, 2.24) is 4.90 Å². The highest BCUT2D eigenvalue weighted by molar-refractivity contribution is 6.08. The average molecular weight is 294 g/mol. The van der Waals surface area contributed by atoms with Crippen LogP contribution in [0, 0.1) is 23.7 Å². The highest BCUT2D eigenvalue weighted by atomic mass is 16.4. The van der Waals surface area contributed by atoms with Gasteiger partial charge in [0.25, 0.3) is 0 Å². The number of amides is 3. The van der Waals surface area contributed by atoms with Crippen molar-refractivity contribution in [2.75, 3.05) is 0 Å². The Balaban J connectivity index is 1.84. The molecule has 3 N–H and O–H groups in total. The Morgan fingerprint density at radius 3 is 2.14 bits per heavy atom. The lowest BCUT2D eigenvalue weighted by Gasteiger charge is -2.24. The van der Waals surface area contributed by atoms with E-state index in [1.165, 1.54) is 0 Å². The van der Waals surface area contributed by atoms with Gasteiger partial charge in [-0.3, -0.25) is 19.3 Å². The van der Waals surface area contributed by atoms with Gasteiger partial charge in [0.2, 0.25) is 17.7 Å². The number of primary amides is 1. The molecule has 2 bridgehead atoms. The first kappa shape index (κ1) is 14.0. The quantitative estimate of drug-likeness (QED) is 0.677. The molecule has 0 aromatic rings. The third-order valence-corrected chi connectivity index (χ3v) is 5.22. The maximum absolute atomic E-state index is 12.5. The second kappa shape index (κ2) is 4.82. The van der Waals surface area contributed by atoms with Crippen LogP contribution in [0.2, 0.25) is 0 Å². The van der Waals surface area contributed by atoms with Crippen molar-refractivity contribution in [3.63, 3.8) is 0 Å². The van der Waals surface area contributed by atoms with Crippen LogP contribution in [0.4, 0.5) is 0 Å². The number of carboxylic acids is 1. The number of nitrogens with zero attached hydrogens (tertiary/aromatic N) is 1. The number of nitrogens with two attached hydrogens (primary N) is 1. The molecule has 2 aliphatic carbocycles. The molecule has 1 aliphatic heterocycles. The van der Waals surface area contributed by atoms with Crippen LogP contribution in [0.1, 0.15) is 32.1 Å². The third-order valence-electron chi connectivity index (χ3n) is 5.22. The zero-order valence-electron chi connectivity index (χ0n) is 11.5. The Labute approximate surface area is 121 Å². The highest BCUT2D eigenvalue weighted by Crippen LogP contribution is 2.56. The summed E-state index contributed by atoms with van der Waals surface area (Å²) in [6, 6.07) is -1.28. The van der Waals surface area contributed by atoms with E-state index < -0.39 is 17.9 Å². The van der Waals surface area contributed by atoms with Gasteiger partial charge in [-0.15, -0.1) is 0 Å². The van der Waals surface area contributed by atoms with E-state index in [4.69, 9.17) is 5.73 Å². The fraction of sp³-hybridized carbons (Fsp3) is 0.714. The first-order chi connectivity index (χ1) is 9.91. The molecule has 0 spiro atoms. The molecule has 1 heterocycles. The first-order valence-corrected chi connectivity index (χ1v) is 7.30. The number of hydrogen-bond acceptors (Lipinski definition) is 4. The van der Waals surface area contributed by atoms with Gasteiger partial charge in [-0.25, -0.2) is 4.79 Å². The fourth-order valence-corrected chi connectivity index (χ4v) is 4.38. The molecule has 2 saturated carbocycles. The van der Waals surface area contributed by atoms with Gasteiger partial charge in [-0.2, -0.15) is 0 Å². The second-order valence-electron chi connectivity index (χ2n) is 6.29. The van der Waals surface area contributed by atoms with Crippen LogP contribution in [0.3, 0.4) is 0 Å². The molecule has 7 heteroatoms. The van der Waals surface area contributed by atoms with E-state index in [0.29, 0.717) is 0 Å². The molecule has 3 fully saturated rings. The van der Waals surface area contributed by atoms with Gasteiger partial charge < -0.3 is 10.8 Å². The Bertz CT molecular complexity index is 503. The largest absolute Gasteiger partial charge is 0.480 e. The molecule has 0 radical (unpaired) electrons. The maximum atomic E-state index is 12.5. The van der Waals surface area contributed by atoms with Crippen molar-refractivity contribution in [3.8, 4) is 0 Å². The van der Waals surface area contributed by atoms with Crippen molar-refractivity contribution in [1.29, 1.82) is 0 Å². The monoisotopic (exact) mass is 294 g/mol. The molecule has 0 aromatic carbocycles. The third kappa shape index (κ3) is 2.02. The Kier molecular flexibility index (Phi) is 3.22. The minimum Gasteiger partial charge on any atom is -0.480 e. The Morgan fingerprint density at radius 2 is 1.71 bits per heavy atom. The summed E-state index contributed by atoms with van der Waals surface area (Å²) in [5, 5.41) is 9.29. The predicted octanol–water partition coefficient (Wildman–Crippen LogP) is -0.264. The number of rotatable bonds is 5. The van der Waals surface area contributed by atoms with Gasteiger partial charge in [0.05, 0.1) is 11.8 Å². The molecule has 3 aliphatic rings. The molecule has 7 nitrogen and oxygen atoms in total. The lowest BCUT2D eigenvalue weighted by molar-refractivity contribution is -0.156. The van der Waals surface area contributed by atoms with Gasteiger partial charge >= 0.3 is 5.97 Å². The molecule has 5 unspecified atom stereocenters. The summed E-state index contributed by atoms with van der Waals surface area (Å²) in [7, 11) is 0. The lowest BCUT2D eigenvalue weighted by atomic mass is 9.81. The summed E-state index contributed by atoms with van der Waals surface area (Å²) < 4.78 is 0. The molecule has 3 amide bonds. The van der Waals surface area contributed by atoms with Crippen LogP contribution >= 0.6 is 0 Å². The SMILES string of the molecule is NC(=O)CCC(C(=O)O)N1C(=O)C2C3CCC(C3)C2C1=O. The van der Waals surface area contributed by atoms with Crippen LogP contribution in [0.5, 0.6) is 0 Å². The minimum atomic E-state index is -1.28. The highest BCUT2D eigenvalue weighted by Gasteiger charge is 2.62. The number of aliphatic carboxylic acids is 1. The average Bonchev–Trinajstić information content (AvgIpc) is 3.06. The standard InChI is InChI=1S/C14H18N2O5/c15-9(17)4-3-8(14(20)21)16-12(18)10-6-1-2-7(5-6)11(10)13(16)19/h6-8,10-11H,1-5H2,(H2,15,17)(H,20,21). The number of imide groups is 1. The van der Waals surface area contributed by atoms with Crippen molar-refractivity contribution < 1.29 is 24.3 Å². The van der Waals surface area contributed by atoms with Crippen LogP contribution in [0.25, 0.3) is 0 Å². The van der Waals surface area contributed by atoms with E-state index in [1.54, 1.807) is 0 Å². The van der Waals surface area contributed by atoms with Crippen LogP contribution in [-0.4, -0.2) is 39.7 Å². The summed E-state index contributed by atoms with van der Waals surface area (Å²) in [4.78, 5) is 48.1. The Morgan fingerprint density at radius 1 is 1.19 bits per heavy atom. The van der Waals surface area contributed by atoms with E-state index >= 15 is 0 Å². The molecule has 3 rings (SSSR count). The summed E-state index contributed by atoms with van der Waals surface area (Å²) in [5.41, 5.74) is 5.03. The van der Waals surface area contributed by atoms with Gasteiger partial charge in [0.1, 0.15) is 6.04 Å². The number of carbonyl (C=O) groups is 4. The van der Waals surface area contributed by atoms with E-state index in [0.717, 1.165) is 24.2 Å². The number of carbonyl (C=O) groups excluding carboxylic acids is 3. The molecule has 5 atom stereocenters. The Hall–Kier alpha value is -1.92. The number of likely N-dealkylation sites (tertiary alicyclic amines) is 1. The van der Waals surface area contributed by atoms with E-state index in [-0.39, 0.29) is 48.3 Å².